The highest BCUT2D eigenvalue weighted by Gasteiger charge is 2.21. The summed E-state index contributed by atoms with van der Waals surface area (Å²) < 4.78 is 18.4. The molecule has 1 aromatic heterocycles. The Kier molecular flexibility index (Phi) is 7.93. The Morgan fingerprint density at radius 1 is 1.03 bits per heavy atom. The molecule has 0 spiro atoms. The number of H-pyrrole nitrogens is 1. The van der Waals surface area contributed by atoms with Crippen molar-refractivity contribution in [2.24, 2.45) is 0 Å². The van der Waals surface area contributed by atoms with Gasteiger partial charge in [0.25, 0.3) is 17.7 Å². The Morgan fingerprint density at radius 3 is 2.44 bits per heavy atom. The molecule has 0 radical (unpaired) electrons. The molecule has 0 aliphatic carbocycles. The molecule has 10 nitrogen and oxygen atoms in total. The normalized spacial score (nSPS) is 10.6. The van der Waals surface area contributed by atoms with E-state index in [4.69, 9.17) is 4.74 Å². The number of aromatic nitrogens is 2. The lowest BCUT2D eigenvalue weighted by molar-refractivity contribution is 0.0933. The van der Waals surface area contributed by atoms with Crippen LogP contribution in [0.25, 0.3) is 0 Å². The molecule has 0 bridgehead atoms. The van der Waals surface area contributed by atoms with Gasteiger partial charge in [0.2, 0.25) is 0 Å². The first-order valence-electron chi connectivity index (χ1n) is 10.3. The van der Waals surface area contributed by atoms with Crippen LogP contribution in [-0.2, 0) is 0 Å². The van der Waals surface area contributed by atoms with Crippen molar-refractivity contribution in [1.82, 2.24) is 20.2 Å². The van der Waals surface area contributed by atoms with Crippen LogP contribution in [0.2, 0.25) is 0 Å². The number of benzene rings is 2. The van der Waals surface area contributed by atoms with Gasteiger partial charge < -0.3 is 30.6 Å². The fourth-order valence-electron chi connectivity index (χ4n) is 2.98. The summed E-state index contributed by atoms with van der Waals surface area (Å²) in [6, 6.07) is 9.75. The summed E-state index contributed by atoms with van der Waals surface area (Å²) in [7, 11) is 5.18. The number of carbonyl (C=O) groups excluding carboxylic acids is 3. The van der Waals surface area contributed by atoms with Crippen molar-refractivity contribution < 1.29 is 23.5 Å². The zero-order chi connectivity index (χ0) is 24.7. The van der Waals surface area contributed by atoms with E-state index in [2.05, 4.69) is 25.9 Å². The molecule has 1 heterocycles. The second-order valence-corrected chi connectivity index (χ2v) is 7.52. The number of carbonyl (C=O) groups is 3. The average Bonchev–Trinajstić information content (AvgIpc) is 3.30. The Hall–Kier alpha value is -4.25. The molecule has 11 heteroatoms. The van der Waals surface area contributed by atoms with Crippen LogP contribution < -0.4 is 20.7 Å². The highest BCUT2D eigenvalue weighted by atomic mass is 19.1. The number of likely N-dealkylation sites (N-methyl/N-ethyl adjacent to an activating group) is 1. The number of hydrogen-bond acceptors (Lipinski definition) is 6. The van der Waals surface area contributed by atoms with E-state index >= 15 is 0 Å². The maximum Gasteiger partial charge on any atom is 0.274 e. The van der Waals surface area contributed by atoms with Gasteiger partial charge in [-0.2, -0.15) is 0 Å². The van der Waals surface area contributed by atoms with Gasteiger partial charge in [-0.15, -0.1) is 0 Å². The van der Waals surface area contributed by atoms with Crippen molar-refractivity contribution in [3.8, 4) is 5.75 Å². The summed E-state index contributed by atoms with van der Waals surface area (Å²) in [5.74, 6) is -1.64. The van der Waals surface area contributed by atoms with Gasteiger partial charge in [0, 0.05) is 30.4 Å². The van der Waals surface area contributed by atoms with Crippen molar-refractivity contribution in [1.29, 1.82) is 0 Å². The van der Waals surface area contributed by atoms with Crippen molar-refractivity contribution >= 4 is 29.1 Å². The molecule has 0 atom stereocenters. The van der Waals surface area contributed by atoms with E-state index in [1.165, 1.54) is 43.8 Å². The van der Waals surface area contributed by atoms with E-state index in [1.807, 2.05) is 19.0 Å². The highest BCUT2D eigenvalue weighted by Crippen LogP contribution is 2.28. The molecule has 0 aliphatic rings. The van der Waals surface area contributed by atoms with Crippen molar-refractivity contribution in [3.63, 3.8) is 0 Å². The Labute approximate surface area is 195 Å². The topological polar surface area (TPSA) is 128 Å². The quantitative estimate of drug-likeness (QED) is 0.382. The van der Waals surface area contributed by atoms with Crippen LogP contribution in [0.15, 0.2) is 48.8 Å². The first-order chi connectivity index (χ1) is 16.3. The predicted octanol–water partition coefficient (Wildman–Crippen LogP) is 2.35. The standard InChI is InChI=1S/C23H25FN6O4/c1-30(2)11-10-25-22(32)19-20(27-13-26-19)23(33)28-16-8-9-17(18(12-16)34-3)29-21(31)14-4-6-15(24)7-5-14/h4-9,12-13H,10-11H2,1-3H3,(H,25,32)(H,26,27)(H,28,33)(H,29,31). The number of ether oxygens (including phenoxy) is 1. The van der Waals surface area contributed by atoms with Gasteiger partial charge in [0.15, 0.2) is 5.69 Å². The molecule has 0 unspecified atom stereocenters. The SMILES string of the molecule is COc1cc(NC(=O)c2[nH]cnc2C(=O)NCCN(C)C)ccc1NC(=O)c1ccc(F)cc1. The second-order valence-electron chi connectivity index (χ2n) is 7.52. The number of methoxy groups -OCH3 is 1. The monoisotopic (exact) mass is 468 g/mol. The molecule has 3 amide bonds. The van der Waals surface area contributed by atoms with Crippen LogP contribution in [0.4, 0.5) is 15.8 Å². The third-order valence-electron chi connectivity index (χ3n) is 4.74. The van der Waals surface area contributed by atoms with E-state index in [0.717, 1.165) is 0 Å². The molecule has 0 saturated carbocycles. The average molecular weight is 468 g/mol. The third kappa shape index (κ3) is 6.17. The molecular weight excluding hydrogens is 443 g/mol. The van der Waals surface area contributed by atoms with Gasteiger partial charge in [0.05, 0.1) is 19.1 Å². The highest BCUT2D eigenvalue weighted by molar-refractivity contribution is 6.10. The Bertz CT molecular complexity index is 1180. The van der Waals surface area contributed by atoms with Gasteiger partial charge in [-0.1, -0.05) is 0 Å². The number of anilines is 2. The summed E-state index contributed by atoms with van der Waals surface area (Å²) in [4.78, 5) is 46.1. The predicted molar refractivity (Wildman–Crippen MR) is 125 cm³/mol. The van der Waals surface area contributed by atoms with E-state index in [9.17, 15) is 18.8 Å². The summed E-state index contributed by atoms with van der Waals surface area (Å²) in [6.45, 7) is 1.05. The van der Waals surface area contributed by atoms with Crippen LogP contribution in [0.3, 0.4) is 0 Å². The molecule has 0 aliphatic heterocycles. The zero-order valence-corrected chi connectivity index (χ0v) is 18.9. The number of hydrogen-bond donors (Lipinski definition) is 4. The first kappa shape index (κ1) is 24.4. The van der Waals surface area contributed by atoms with E-state index in [0.29, 0.717) is 30.2 Å². The maximum absolute atomic E-state index is 13.1. The molecule has 0 fully saturated rings. The number of rotatable bonds is 9. The van der Waals surface area contributed by atoms with Crippen molar-refractivity contribution in [3.05, 3.63) is 71.6 Å². The maximum atomic E-state index is 13.1. The fourth-order valence-corrected chi connectivity index (χ4v) is 2.98. The van der Waals surface area contributed by atoms with Gasteiger partial charge >= 0.3 is 0 Å². The lowest BCUT2D eigenvalue weighted by atomic mass is 10.2. The van der Waals surface area contributed by atoms with Gasteiger partial charge in [-0.3, -0.25) is 14.4 Å². The molecule has 178 valence electrons. The number of aromatic amines is 1. The molecule has 2 aromatic carbocycles. The Morgan fingerprint density at radius 2 is 1.76 bits per heavy atom. The van der Waals surface area contributed by atoms with Crippen LogP contribution in [0.5, 0.6) is 5.75 Å². The minimum Gasteiger partial charge on any atom is -0.494 e. The van der Waals surface area contributed by atoms with Crippen LogP contribution in [-0.4, -0.2) is 66.9 Å². The van der Waals surface area contributed by atoms with Gasteiger partial charge in [-0.25, -0.2) is 9.37 Å². The zero-order valence-electron chi connectivity index (χ0n) is 18.9. The number of nitrogens with one attached hydrogen (secondary N) is 4. The summed E-state index contributed by atoms with van der Waals surface area (Å²) in [6.07, 6.45) is 1.27. The lowest BCUT2D eigenvalue weighted by Gasteiger charge is -2.13. The molecular formula is C23H25FN6O4. The second kappa shape index (κ2) is 11.1. The number of amides is 3. The Balaban J connectivity index is 1.69. The molecule has 4 N–H and O–H groups in total. The molecule has 3 rings (SSSR count). The molecule has 34 heavy (non-hydrogen) atoms. The largest absolute Gasteiger partial charge is 0.494 e. The van der Waals surface area contributed by atoms with E-state index < -0.39 is 23.5 Å². The van der Waals surface area contributed by atoms with Crippen LogP contribution in [0, 0.1) is 5.82 Å². The summed E-state index contributed by atoms with van der Waals surface area (Å²) >= 11 is 0. The minimum absolute atomic E-state index is 0.00927. The minimum atomic E-state index is -0.569. The van der Waals surface area contributed by atoms with Gasteiger partial charge in [0.1, 0.15) is 17.3 Å². The van der Waals surface area contributed by atoms with Crippen molar-refractivity contribution in [2.45, 2.75) is 0 Å². The smallest absolute Gasteiger partial charge is 0.274 e. The van der Waals surface area contributed by atoms with Gasteiger partial charge in [-0.05, 0) is 50.5 Å². The van der Waals surface area contributed by atoms with E-state index in [-0.39, 0.29) is 17.0 Å². The lowest BCUT2D eigenvalue weighted by Crippen LogP contribution is -2.32. The molecule has 3 aromatic rings. The van der Waals surface area contributed by atoms with E-state index in [1.54, 1.807) is 12.1 Å². The number of nitrogens with zero attached hydrogens (tertiary/aromatic N) is 2. The fraction of sp³-hybridized carbons (Fsp3) is 0.217. The first-order valence-corrected chi connectivity index (χ1v) is 10.3. The molecule has 0 saturated heterocycles. The summed E-state index contributed by atoms with van der Waals surface area (Å²) in [5, 5.41) is 8.07. The van der Waals surface area contributed by atoms with Crippen LogP contribution >= 0.6 is 0 Å². The third-order valence-corrected chi connectivity index (χ3v) is 4.74. The van der Waals surface area contributed by atoms with Crippen LogP contribution in [0.1, 0.15) is 31.3 Å². The number of halogens is 1. The summed E-state index contributed by atoms with van der Waals surface area (Å²) in [5.41, 5.74) is 0.991. The van der Waals surface area contributed by atoms with Crippen molar-refractivity contribution in [2.75, 3.05) is 44.9 Å². The number of imidazole rings is 1.